The Morgan fingerprint density at radius 3 is 2.24 bits per heavy atom. The highest BCUT2D eigenvalue weighted by Gasteiger charge is 2.10. The van der Waals surface area contributed by atoms with E-state index in [0.29, 0.717) is 51.0 Å². The molecule has 1 rings (SSSR count). The second-order valence-corrected chi connectivity index (χ2v) is 4.13. The van der Waals surface area contributed by atoms with Crippen LogP contribution in [0.5, 0.6) is 0 Å². The van der Waals surface area contributed by atoms with Crippen LogP contribution in [0.4, 0.5) is 5.82 Å². The quantitative estimate of drug-likeness (QED) is 0.212. The highest BCUT2D eigenvalue weighted by Crippen LogP contribution is 2.08. The van der Waals surface area contributed by atoms with Crippen LogP contribution in [0.15, 0.2) is 17.5 Å². The second kappa shape index (κ2) is 9.89. The smallest absolute Gasteiger partial charge is 0.190 e. The van der Waals surface area contributed by atoms with Gasteiger partial charge in [0, 0.05) is 26.3 Å². The third kappa shape index (κ3) is 5.92. The molecule has 8 heteroatoms. The zero-order chi connectivity index (χ0) is 15.5. The molecule has 1 aromatic rings. The van der Waals surface area contributed by atoms with Crippen molar-refractivity contribution in [3.05, 3.63) is 18.1 Å². The summed E-state index contributed by atoms with van der Waals surface area (Å²) < 4.78 is 10.7. The van der Waals surface area contributed by atoms with Gasteiger partial charge in [-0.05, 0) is 13.8 Å². The summed E-state index contributed by atoms with van der Waals surface area (Å²) in [6.07, 6.45) is 3.06. The highest BCUT2D eigenvalue weighted by atomic mass is 16.5. The van der Waals surface area contributed by atoms with Crippen molar-refractivity contribution >= 4 is 11.7 Å². The lowest BCUT2D eigenvalue weighted by Gasteiger charge is -2.23. The van der Waals surface area contributed by atoms with Crippen molar-refractivity contribution in [1.29, 1.82) is 0 Å². The van der Waals surface area contributed by atoms with E-state index in [1.165, 1.54) is 6.20 Å². The molecule has 0 aromatic carbocycles. The Morgan fingerprint density at radius 1 is 1.19 bits per heavy atom. The van der Waals surface area contributed by atoms with Crippen molar-refractivity contribution in [3.63, 3.8) is 0 Å². The summed E-state index contributed by atoms with van der Waals surface area (Å²) >= 11 is 0. The molecule has 0 saturated heterocycles. The molecular weight excluding hydrogens is 274 g/mol. The zero-order valence-electron chi connectivity index (χ0n) is 12.5. The van der Waals surface area contributed by atoms with Crippen molar-refractivity contribution in [3.8, 4) is 0 Å². The monoisotopic (exact) mass is 297 g/mol. The number of nitrogens with zero attached hydrogens (tertiary/aromatic N) is 4. The standard InChI is InChI=1S/C13H23N5O3/c1-3-20-7-5-18(6-8-21-4-2)12-10-15-11(9-16-12)13(14)17-19/h9-10,19H,3-8H2,1-2H3,(H2,14,17). The molecule has 0 saturated carbocycles. The van der Waals surface area contributed by atoms with Gasteiger partial charge >= 0.3 is 0 Å². The summed E-state index contributed by atoms with van der Waals surface area (Å²) in [6, 6.07) is 0. The van der Waals surface area contributed by atoms with Crippen LogP contribution >= 0.6 is 0 Å². The number of hydrogen-bond donors (Lipinski definition) is 2. The van der Waals surface area contributed by atoms with E-state index < -0.39 is 0 Å². The van der Waals surface area contributed by atoms with Crippen LogP contribution in [0.1, 0.15) is 19.5 Å². The number of ether oxygens (including phenoxy) is 2. The maximum atomic E-state index is 8.60. The van der Waals surface area contributed by atoms with Crippen LogP contribution < -0.4 is 10.6 Å². The molecule has 0 unspecified atom stereocenters. The second-order valence-electron chi connectivity index (χ2n) is 4.13. The SMILES string of the molecule is CCOCCN(CCOCC)c1cnc(C(N)=NO)cn1. The van der Waals surface area contributed by atoms with Gasteiger partial charge in [-0.25, -0.2) is 9.97 Å². The minimum Gasteiger partial charge on any atom is -0.409 e. The van der Waals surface area contributed by atoms with Crippen molar-refractivity contribution in [2.24, 2.45) is 10.9 Å². The van der Waals surface area contributed by atoms with Crippen LogP contribution in [0.25, 0.3) is 0 Å². The van der Waals surface area contributed by atoms with Gasteiger partial charge in [0.05, 0.1) is 25.6 Å². The minimum atomic E-state index is -0.0655. The largest absolute Gasteiger partial charge is 0.409 e. The van der Waals surface area contributed by atoms with Gasteiger partial charge in [-0.1, -0.05) is 5.16 Å². The Hall–Kier alpha value is -1.93. The van der Waals surface area contributed by atoms with Crippen LogP contribution in [-0.2, 0) is 9.47 Å². The van der Waals surface area contributed by atoms with Crippen LogP contribution in [0, 0.1) is 0 Å². The summed E-state index contributed by atoms with van der Waals surface area (Å²) in [5, 5.41) is 11.5. The van der Waals surface area contributed by atoms with E-state index in [2.05, 4.69) is 15.1 Å². The van der Waals surface area contributed by atoms with E-state index in [-0.39, 0.29) is 5.84 Å². The van der Waals surface area contributed by atoms with E-state index in [4.69, 9.17) is 20.4 Å². The average molecular weight is 297 g/mol. The molecular formula is C13H23N5O3. The number of anilines is 1. The van der Waals surface area contributed by atoms with E-state index in [1.54, 1.807) is 6.20 Å². The van der Waals surface area contributed by atoms with Gasteiger partial charge in [-0.2, -0.15) is 0 Å². The molecule has 0 aliphatic heterocycles. The minimum absolute atomic E-state index is 0.0655. The summed E-state index contributed by atoms with van der Waals surface area (Å²) in [6.45, 7) is 7.85. The summed E-state index contributed by atoms with van der Waals surface area (Å²) in [7, 11) is 0. The number of oxime groups is 1. The third-order valence-electron chi connectivity index (χ3n) is 2.75. The zero-order valence-corrected chi connectivity index (χ0v) is 12.5. The lowest BCUT2D eigenvalue weighted by molar-refractivity contribution is 0.141. The first-order chi connectivity index (χ1) is 10.2. The lowest BCUT2D eigenvalue weighted by atomic mass is 10.4. The molecule has 3 N–H and O–H groups in total. The highest BCUT2D eigenvalue weighted by molar-refractivity contribution is 5.94. The Balaban J connectivity index is 2.71. The number of nitrogens with two attached hydrogens (primary N) is 1. The van der Waals surface area contributed by atoms with E-state index in [0.717, 1.165) is 0 Å². The molecule has 8 nitrogen and oxygen atoms in total. The van der Waals surface area contributed by atoms with Gasteiger partial charge in [0.15, 0.2) is 5.84 Å². The number of aromatic nitrogens is 2. The van der Waals surface area contributed by atoms with Crippen molar-refractivity contribution < 1.29 is 14.7 Å². The molecule has 118 valence electrons. The van der Waals surface area contributed by atoms with E-state index >= 15 is 0 Å². The summed E-state index contributed by atoms with van der Waals surface area (Å²) in [4.78, 5) is 10.4. The predicted octanol–water partition coefficient (Wildman–Crippen LogP) is 0.451. The predicted molar refractivity (Wildman–Crippen MR) is 79.7 cm³/mol. The van der Waals surface area contributed by atoms with Crippen LogP contribution in [0.2, 0.25) is 0 Å². The first-order valence-electron chi connectivity index (χ1n) is 6.93. The van der Waals surface area contributed by atoms with Gasteiger partial charge in [0.1, 0.15) is 11.5 Å². The van der Waals surface area contributed by atoms with E-state index in [1.807, 2.05) is 18.7 Å². The molecule has 0 amide bonds. The fourth-order valence-electron chi connectivity index (χ4n) is 1.65. The molecule has 21 heavy (non-hydrogen) atoms. The molecule has 0 aliphatic carbocycles. The van der Waals surface area contributed by atoms with Crippen LogP contribution in [-0.4, -0.2) is 60.5 Å². The Bertz CT molecular complexity index is 414. The first kappa shape index (κ1) is 17.1. The molecule has 0 radical (unpaired) electrons. The van der Waals surface area contributed by atoms with Crippen molar-refractivity contribution in [2.45, 2.75) is 13.8 Å². The fourth-order valence-corrected chi connectivity index (χ4v) is 1.65. The number of amidine groups is 1. The van der Waals surface area contributed by atoms with Gasteiger partial charge in [0.25, 0.3) is 0 Å². The van der Waals surface area contributed by atoms with Gasteiger partial charge in [0.2, 0.25) is 0 Å². The van der Waals surface area contributed by atoms with Crippen molar-refractivity contribution in [2.75, 3.05) is 44.4 Å². The molecule has 0 fully saturated rings. The molecule has 0 atom stereocenters. The number of rotatable bonds is 10. The van der Waals surface area contributed by atoms with Gasteiger partial charge in [-0.15, -0.1) is 0 Å². The van der Waals surface area contributed by atoms with Crippen molar-refractivity contribution in [1.82, 2.24) is 9.97 Å². The Labute approximate surface area is 124 Å². The Kier molecular flexibility index (Phi) is 8.07. The first-order valence-corrected chi connectivity index (χ1v) is 6.93. The van der Waals surface area contributed by atoms with E-state index in [9.17, 15) is 0 Å². The molecule has 0 spiro atoms. The molecule has 0 aliphatic rings. The third-order valence-corrected chi connectivity index (χ3v) is 2.75. The Morgan fingerprint density at radius 2 is 1.81 bits per heavy atom. The maximum absolute atomic E-state index is 8.60. The molecule has 0 bridgehead atoms. The lowest BCUT2D eigenvalue weighted by Crippen LogP contribution is -2.32. The summed E-state index contributed by atoms with van der Waals surface area (Å²) in [5.74, 6) is 0.633. The molecule has 1 heterocycles. The average Bonchev–Trinajstić information content (AvgIpc) is 2.53. The van der Waals surface area contributed by atoms with Gasteiger partial charge < -0.3 is 25.3 Å². The normalized spacial score (nSPS) is 11.6. The topological polar surface area (TPSA) is 106 Å². The fraction of sp³-hybridized carbons (Fsp3) is 0.615. The summed E-state index contributed by atoms with van der Waals surface area (Å²) in [5.41, 5.74) is 5.79. The van der Waals surface area contributed by atoms with Crippen LogP contribution in [0.3, 0.4) is 0 Å². The number of hydrogen-bond acceptors (Lipinski definition) is 7. The van der Waals surface area contributed by atoms with Gasteiger partial charge in [-0.3, -0.25) is 0 Å². The molecule has 1 aromatic heterocycles. The maximum Gasteiger partial charge on any atom is 0.190 e.